The van der Waals surface area contributed by atoms with E-state index in [-0.39, 0.29) is 5.91 Å². The number of fused-ring (bicyclic) bond motifs is 2. The van der Waals surface area contributed by atoms with Gasteiger partial charge in [-0.25, -0.2) is 0 Å². The van der Waals surface area contributed by atoms with Crippen molar-refractivity contribution in [2.24, 2.45) is 4.99 Å². The summed E-state index contributed by atoms with van der Waals surface area (Å²) in [6.45, 7) is 4.71. The van der Waals surface area contributed by atoms with Crippen LogP contribution in [0, 0.1) is 0 Å². The zero-order valence-electron chi connectivity index (χ0n) is 18.5. The lowest BCUT2D eigenvalue weighted by Gasteiger charge is -2.18. The molecule has 0 atom stereocenters. The van der Waals surface area contributed by atoms with Crippen molar-refractivity contribution in [1.82, 2.24) is 4.57 Å². The molecule has 0 aliphatic carbocycles. The van der Waals surface area contributed by atoms with Crippen LogP contribution in [0.5, 0.6) is 17.2 Å². The molecule has 3 aromatic rings. The summed E-state index contributed by atoms with van der Waals surface area (Å²) in [7, 11) is 0. The Morgan fingerprint density at radius 1 is 1.16 bits per heavy atom. The van der Waals surface area contributed by atoms with Crippen LogP contribution in [0.15, 0.2) is 41.4 Å². The van der Waals surface area contributed by atoms with Crippen LogP contribution < -0.4 is 19.0 Å². The van der Waals surface area contributed by atoms with Gasteiger partial charge in [-0.1, -0.05) is 31.1 Å². The largest absolute Gasteiger partial charge is 0.494 e. The van der Waals surface area contributed by atoms with Gasteiger partial charge in [0.1, 0.15) is 19.0 Å². The van der Waals surface area contributed by atoms with Gasteiger partial charge in [-0.15, -0.1) is 0 Å². The Labute approximate surface area is 196 Å². The first-order valence-corrected chi connectivity index (χ1v) is 13.1. The molecule has 0 unspecified atom stereocenters. The number of nitrogens with zero attached hydrogens (tertiary/aromatic N) is 2. The topological polar surface area (TPSA) is 62.0 Å². The zero-order chi connectivity index (χ0) is 22.3. The van der Waals surface area contributed by atoms with Crippen LogP contribution in [0.25, 0.3) is 10.2 Å². The van der Waals surface area contributed by atoms with E-state index in [9.17, 15) is 4.79 Å². The number of amides is 1. The molecule has 1 amide bonds. The molecule has 1 aromatic heterocycles. The number of hydrogen-bond donors (Lipinski definition) is 0. The predicted octanol–water partition coefficient (Wildman–Crippen LogP) is 5.15. The van der Waals surface area contributed by atoms with Gasteiger partial charge in [-0.3, -0.25) is 4.79 Å². The van der Waals surface area contributed by atoms with Gasteiger partial charge in [-0.2, -0.15) is 16.8 Å². The SMILES string of the molecule is CCCCCOc1ccc(C(=O)N=c2sc3cc4c(cc3n2CCSC)OCCO4)cc1. The number of thiazole rings is 1. The summed E-state index contributed by atoms with van der Waals surface area (Å²) >= 11 is 3.25. The number of aryl methyl sites for hydroxylation is 1. The number of aromatic nitrogens is 1. The Hall–Kier alpha value is -2.45. The van der Waals surface area contributed by atoms with Crippen LogP contribution in [0.4, 0.5) is 0 Å². The summed E-state index contributed by atoms with van der Waals surface area (Å²) in [6, 6.07) is 11.2. The molecule has 0 N–H and O–H groups in total. The maximum atomic E-state index is 12.9. The van der Waals surface area contributed by atoms with Crippen molar-refractivity contribution in [2.75, 3.05) is 31.8 Å². The highest BCUT2D eigenvalue weighted by atomic mass is 32.2. The van der Waals surface area contributed by atoms with Crippen LogP contribution in [-0.2, 0) is 6.54 Å². The van der Waals surface area contributed by atoms with E-state index in [2.05, 4.69) is 22.7 Å². The van der Waals surface area contributed by atoms with Crippen LogP contribution in [0.3, 0.4) is 0 Å². The van der Waals surface area contributed by atoms with E-state index in [0.29, 0.717) is 30.2 Å². The summed E-state index contributed by atoms with van der Waals surface area (Å²) < 4.78 is 20.3. The first-order chi connectivity index (χ1) is 15.7. The number of carbonyl (C=O) groups excluding carboxylic acids is 1. The Kier molecular flexibility index (Phi) is 7.76. The quantitative estimate of drug-likeness (QED) is 0.403. The van der Waals surface area contributed by atoms with Crippen LogP contribution in [-0.4, -0.2) is 42.3 Å². The zero-order valence-corrected chi connectivity index (χ0v) is 20.1. The second-order valence-electron chi connectivity index (χ2n) is 7.49. The molecule has 2 heterocycles. The van der Waals surface area contributed by atoms with Gasteiger partial charge in [0.2, 0.25) is 0 Å². The molecule has 0 spiro atoms. The smallest absolute Gasteiger partial charge is 0.279 e. The molecule has 1 aliphatic heterocycles. The maximum Gasteiger partial charge on any atom is 0.279 e. The summed E-state index contributed by atoms with van der Waals surface area (Å²) in [5.74, 6) is 2.93. The predicted molar refractivity (Wildman–Crippen MR) is 131 cm³/mol. The van der Waals surface area contributed by atoms with E-state index in [0.717, 1.165) is 59.0 Å². The van der Waals surface area contributed by atoms with Crippen molar-refractivity contribution in [1.29, 1.82) is 0 Å². The number of ether oxygens (including phenoxy) is 3. The number of benzene rings is 2. The van der Waals surface area contributed by atoms with E-state index < -0.39 is 0 Å². The Morgan fingerprint density at radius 3 is 2.62 bits per heavy atom. The standard InChI is InChI=1S/C24H28N2O4S2/c1-3-4-5-11-28-18-8-6-17(7-9-18)23(27)25-24-26(10-14-31-2)19-15-20-21(16-22(19)32-24)30-13-12-29-20/h6-9,15-16H,3-5,10-14H2,1-2H3. The number of rotatable bonds is 9. The monoisotopic (exact) mass is 472 g/mol. The summed E-state index contributed by atoms with van der Waals surface area (Å²) in [4.78, 5) is 18.1. The van der Waals surface area contributed by atoms with E-state index in [1.165, 1.54) is 11.3 Å². The van der Waals surface area contributed by atoms with E-state index in [1.807, 2.05) is 24.3 Å². The van der Waals surface area contributed by atoms with Crippen LogP contribution >= 0.6 is 23.1 Å². The number of unbranched alkanes of at least 4 members (excludes halogenated alkanes) is 2. The molecule has 6 nitrogen and oxygen atoms in total. The normalized spacial score (nSPS) is 13.5. The maximum absolute atomic E-state index is 12.9. The fourth-order valence-electron chi connectivity index (χ4n) is 3.48. The first kappa shape index (κ1) is 22.7. The lowest BCUT2D eigenvalue weighted by atomic mass is 10.2. The Balaban J connectivity index is 1.61. The van der Waals surface area contributed by atoms with Crippen molar-refractivity contribution in [3.63, 3.8) is 0 Å². The molecule has 0 saturated heterocycles. The van der Waals surface area contributed by atoms with Gasteiger partial charge < -0.3 is 18.8 Å². The first-order valence-electron chi connectivity index (χ1n) is 10.9. The van der Waals surface area contributed by atoms with Crippen LogP contribution in [0.2, 0.25) is 0 Å². The number of carbonyl (C=O) groups is 1. The van der Waals surface area contributed by atoms with Gasteiger partial charge in [-0.05, 0) is 36.9 Å². The third kappa shape index (κ3) is 5.30. The molecule has 4 rings (SSSR count). The van der Waals surface area contributed by atoms with Gasteiger partial charge in [0.15, 0.2) is 16.3 Å². The summed E-state index contributed by atoms with van der Waals surface area (Å²) in [5, 5.41) is 0. The molecule has 32 heavy (non-hydrogen) atoms. The number of hydrogen-bond acceptors (Lipinski definition) is 6. The van der Waals surface area contributed by atoms with Crippen molar-refractivity contribution in [2.45, 2.75) is 32.7 Å². The number of thioether (sulfide) groups is 1. The van der Waals surface area contributed by atoms with Crippen molar-refractivity contribution in [3.8, 4) is 17.2 Å². The Bertz CT molecular complexity index is 1140. The second-order valence-corrected chi connectivity index (χ2v) is 9.48. The molecule has 0 fully saturated rings. The third-order valence-electron chi connectivity index (χ3n) is 5.18. The van der Waals surface area contributed by atoms with Gasteiger partial charge >= 0.3 is 0 Å². The minimum Gasteiger partial charge on any atom is -0.494 e. The molecule has 1 aliphatic rings. The molecule has 2 aromatic carbocycles. The molecular weight excluding hydrogens is 444 g/mol. The van der Waals surface area contributed by atoms with Crippen molar-refractivity contribution < 1.29 is 19.0 Å². The molecule has 0 saturated carbocycles. The fraction of sp³-hybridized carbons (Fsp3) is 0.417. The van der Waals surface area contributed by atoms with Gasteiger partial charge in [0, 0.05) is 30.0 Å². The molecule has 170 valence electrons. The Morgan fingerprint density at radius 2 is 1.91 bits per heavy atom. The van der Waals surface area contributed by atoms with Crippen LogP contribution in [0.1, 0.15) is 36.5 Å². The lowest BCUT2D eigenvalue weighted by Crippen LogP contribution is -2.18. The fourth-order valence-corrected chi connectivity index (χ4v) is 4.91. The van der Waals surface area contributed by atoms with E-state index in [1.54, 1.807) is 23.9 Å². The summed E-state index contributed by atoms with van der Waals surface area (Å²) in [6.07, 6.45) is 5.42. The minimum absolute atomic E-state index is 0.260. The van der Waals surface area contributed by atoms with Crippen molar-refractivity contribution >= 4 is 39.2 Å². The molecule has 0 bridgehead atoms. The van der Waals surface area contributed by atoms with Gasteiger partial charge in [0.25, 0.3) is 5.91 Å². The minimum atomic E-state index is -0.260. The highest BCUT2D eigenvalue weighted by Crippen LogP contribution is 2.35. The average Bonchev–Trinajstić information content (AvgIpc) is 3.14. The average molecular weight is 473 g/mol. The molecule has 0 radical (unpaired) electrons. The van der Waals surface area contributed by atoms with Crippen molar-refractivity contribution in [3.05, 3.63) is 46.8 Å². The molecule has 8 heteroatoms. The highest BCUT2D eigenvalue weighted by molar-refractivity contribution is 7.98. The van der Waals surface area contributed by atoms with Gasteiger partial charge in [0.05, 0.1) is 16.8 Å². The lowest BCUT2D eigenvalue weighted by molar-refractivity contribution is 0.0998. The highest BCUT2D eigenvalue weighted by Gasteiger charge is 2.17. The third-order valence-corrected chi connectivity index (χ3v) is 6.81. The molecular formula is C24H28N2O4S2. The van der Waals surface area contributed by atoms with E-state index in [4.69, 9.17) is 14.2 Å². The summed E-state index contributed by atoms with van der Waals surface area (Å²) in [5.41, 5.74) is 1.56. The second kappa shape index (κ2) is 10.9. The van der Waals surface area contributed by atoms with E-state index >= 15 is 0 Å².